The molecule has 8 atom stereocenters. The largest absolute Gasteiger partial charge is 0.357 e. The summed E-state index contributed by atoms with van der Waals surface area (Å²) >= 11 is 2.01. The van der Waals surface area contributed by atoms with Gasteiger partial charge < -0.3 is 5.32 Å². The van der Waals surface area contributed by atoms with Gasteiger partial charge in [0.15, 0.2) is 5.78 Å². The number of amides is 1. The second kappa shape index (κ2) is 14.0. The highest BCUT2D eigenvalue weighted by Crippen LogP contribution is 2.73. The Hall–Kier alpha value is -1.33. The number of hydrogen-bond donors (Lipinski definition) is 1. The highest BCUT2D eigenvalue weighted by molar-refractivity contribution is 7.99. The van der Waals surface area contributed by atoms with Crippen LogP contribution in [0, 0.1) is 57.2 Å². The first-order valence-corrected chi connectivity index (χ1v) is 21.1. The maximum atomic E-state index is 13.2. The Bertz CT molecular complexity index is 1320. The zero-order valence-corrected chi connectivity index (χ0v) is 32.7. The maximum Gasteiger partial charge on any atom is 0.207 e. The van der Waals surface area contributed by atoms with Gasteiger partial charge >= 0.3 is 0 Å². The number of hydrogen-bond acceptors (Lipinski definition) is 4. The van der Waals surface area contributed by atoms with Gasteiger partial charge in [-0.25, -0.2) is 0 Å². The molecule has 6 aliphatic carbocycles. The summed E-state index contributed by atoms with van der Waals surface area (Å²) in [5.41, 5.74) is 7.52. The number of Topliss-reactive ketones (excluding diaryl/α,β-unsaturated/α-hetero) is 1. The van der Waals surface area contributed by atoms with Crippen LogP contribution < -0.4 is 5.32 Å². The summed E-state index contributed by atoms with van der Waals surface area (Å²) in [6.45, 7) is 24.1. The van der Waals surface area contributed by atoms with Gasteiger partial charge in [0.1, 0.15) is 0 Å². The fourth-order valence-corrected chi connectivity index (χ4v) is 14.0. The Balaban J connectivity index is 0.000000312. The van der Waals surface area contributed by atoms with E-state index in [1.165, 1.54) is 94.4 Å². The first-order chi connectivity index (χ1) is 22.8. The van der Waals surface area contributed by atoms with E-state index in [0.29, 0.717) is 28.4 Å². The van der Waals surface area contributed by atoms with Gasteiger partial charge in [0.05, 0.1) is 0 Å². The Morgan fingerprint density at radius 1 is 0.958 bits per heavy atom. The van der Waals surface area contributed by atoms with Crippen molar-refractivity contribution in [1.82, 2.24) is 10.2 Å². The van der Waals surface area contributed by atoms with E-state index < -0.39 is 0 Å². The van der Waals surface area contributed by atoms with Crippen LogP contribution in [0.1, 0.15) is 126 Å². The molecule has 3 saturated carbocycles. The third-order valence-corrected chi connectivity index (χ3v) is 16.2. The quantitative estimate of drug-likeness (QED) is 0.225. The topological polar surface area (TPSA) is 49.4 Å². The molecular weight excluding hydrogens is 609 g/mol. The van der Waals surface area contributed by atoms with E-state index in [1.807, 2.05) is 11.8 Å². The van der Waals surface area contributed by atoms with Crippen molar-refractivity contribution in [2.24, 2.45) is 57.2 Å². The summed E-state index contributed by atoms with van der Waals surface area (Å²) in [6, 6.07) is 0. The zero-order valence-electron chi connectivity index (χ0n) is 31.9. The average Bonchev–Trinajstić information content (AvgIpc) is 3.32. The molecular formula is C43H68N2O2S. The molecule has 0 aromatic heterocycles. The normalized spacial score (nSPS) is 40.8. The molecule has 0 aromatic rings. The van der Waals surface area contributed by atoms with Gasteiger partial charge in [0.25, 0.3) is 0 Å². The number of fused-ring (bicyclic) bond motifs is 7. The molecule has 48 heavy (non-hydrogen) atoms. The number of nitrogens with zero attached hydrogens (tertiary/aromatic N) is 1. The summed E-state index contributed by atoms with van der Waals surface area (Å²) in [6.07, 6.45) is 20.1. The van der Waals surface area contributed by atoms with Crippen molar-refractivity contribution in [3.05, 3.63) is 34.4 Å². The second-order valence-electron chi connectivity index (χ2n) is 18.8. The Kier molecular flexibility index (Phi) is 10.6. The molecule has 0 spiro atoms. The van der Waals surface area contributed by atoms with Crippen LogP contribution in [-0.4, -0.2) is 54.8 Å². The number of nitrogens with one attached hydrogen (secondary N) is 1. The van der Waals surface area contributed by atoms with Crippen LogP contribution in [0.25, 0.3) is 0 Å². The number of thioether (sulfide) groups is 1. The van der Waals surface area contributed by atoms with Crippen LogP contribution in [0.15, 0.2) is 34.4 Å². The fourth-order valence-electron chi connectivity index (χ4n) is 13.0. The van der Waals surface area contributed by atoms with Gasteiger partial charge in [-0.3, -0.25) is 14.5 Å². The molecule has 0 aromatic carbocycles. The molecule has 1 aliphatic heterocycles. The summed E-state index contributed by atoms with van der Waals surface area (Å²) < 4.78 is 0. The minimum atomic E-state index is 0.151. The third kappa shape index (κ3) is 6.37. The second-order valence-corrected chi connectivity index (χ2v) is 20.0. The molecule has 1 N–H and O–H groups in total. The Morgan fingerprint density at radius 2 is 1.71 bits per heavy atom. The maximum absolute atomic E-state index is 13.2. The Labute approximate surface area is 298 Å². The highest BCUT2D eigenvalue weighted by Gasteiger charge is 2.65. The van der Waals surface area contributed by atoms with Crippen LogP contribution >= 0.6 is 11.8 Å². The molecule has 1 amide bonds. The highest BCUT2D eigenvalue weighted by atomic mass is 32.2. The number of carbonyl (C=O) groups excluding carboxylic acids is 2. The van der Waals surface area contributed by atoms with Gasteiger partial charge in [0.2, 0.25) is 6.41 Å². The van der Waals surface area contributed by atoms with Gasteiger partial charge in [-0.2, -0.15) is 11.8 Å². The third-order valence-electron chi connectivity index (χ3n) is 15.3. The summed E-state index contributed by atoms with van der Waals surface area (Å²) in [7, 11) is 0. The van der Waals surface area contributed by atoms with Crippen LogP contribution in [0.4, 0.5) is 0 Å². The van der Waals surface area contributed by atoms with E-state index in [4.69, 9.17) is 0 Å². The van der Waals surface area contributed by atoms with Crippen molar-refractivity contribution in [3.63, 3.8) is 0 Å². The lowest BCUT2D eigenvalue weighted by Gasteiger charge is -2.68. The number of allylic oxidation sites excluding steroid dienone is 6. The zero-order chi connectivity index (χ0) is 34.5. The average molecular weight is 677 g/mol. The first-order valence-electron chi connectivity index (χ1n) is 19.9. The molecule has 5 heteroatoms. The summed E-state index contributed by atoms with van der Waals surface area (Å²) in [4.78, 5) is 25.5. The number of carbonyl (C=O) groups is 2. The molecule has 8 unspecified atom stereocenters. The van der Waals surface area contributed by atoms with Crippen molar-refractivity contribution in [3.8, 4) is 0 Å². The lowest BCUT2D eigenvalue weighted by Crippen LogP contribution is -2.60. The van der Waals surface area contributed by atoms with E-state index in [1.54, 1.807) is 16.7 Å². The minimum absolute atomic E-state index is 0.151. The van der Waals surface area contributed by atoms with Crippen molar-refractivity contribution >= 4 is 24.0 Å². The van der Waals surface area contributed by atoms with Crippen LogP contribution in [0.5, 0.6) is 0 Å². The van der Waals surface area contributed by atoms with E-state index in [9.17, 15) is 9.59 Å². The van der Waals surface area contributed by atoms with Crippen LogP contribution in [0.2, 0.25) is 0 Å². The molecule has 4 nitrogen and oxygen atoms in total. The monoisotopic (exact) mass is 677 g/mol. The molecule has 0 radical (unpaired) electrons. The number of ketones is 1. The predicted octanol–water partition coefficient (Wildman–Crippen LogP) is 9.66. The van der Waals surface area contributed by atoms with Gasteiger partial charge in [0, 0.05) is 44.1 Å². The standard InChI is InChI=1S/C36H54O.C7H14N2OS/c1-22(2)31-28(37)21-34(6)18-15-27-25(32(31)34)13-14-30-35(27,7)20-17-29-33(4,5)26(16-19-36(29,30)8)24-11-9-23(3)10-12-24;10-7-8-1-2-9-3-5-11-6-4-9/h11,16,22-23,25,27,29-30H,9-10,12-15,17-21H2,1-8H3;7H,1-6H2,(H,8,10). The molecule has 268 valence electrons. The summed E-state index contributed by atoms with van der Waals surface area (Å²) in [5, 5.41) is 2.67. The van der Waals surface area contributed by atoms with E-state index in [-0.39, 0.29) is 10.8 Å². The van der Waals surface area contributed by atoms with Gasteiger partial charge in [-0.1, -0.05) is 73.1 Å². The van der Waals surface area contributed by atoms with Crippen molar-refractivity contribution in [2.45, 2.75) is 126 Å². The lowest BCUT2D eigenvalue weighted by molar-refractivity contribution is -0.158. The predicted molar refractivity (Wildman–Crippen MR) is 203 cm³/mol. The van der Waals surface area contributed by atoms with E-state index in [2.05, 4.69) is 77.8 Å². The van der Waals surface area contributed by atoms with Crippen LogP contribution in [0.3, 0.4) is 0 Å². The fraction of sp³-hybridized carbons (Fsp3) is 0.814. The van der Waals surface area contributed by atoms with Crippen LogP contribution in [-0.2, 0) is 9.59 Å². The molecule has 0 bridgehead atoms. The molecule has 4 fully saturated rings. The van der Waals surface area contributed by atoms with Gasteiger partial charge in [-0.05, 0) is 138 Å². The summed E-state index contributed by atoms with van der Waals surface area (Å²) in [5.74, 6) is 7.19. The lowest BCUT2D eigenvalue weighted by atomic mass is 9.37. The molecule has 7 rings (SSSR count). The first kappa shape index (κ1) is 36.5. The minimum Gasteiger partial charge on any atom is -0.357 e. The van der Waals surface area contributed by atoms with Crippen molar-refractivity contribution < 1.29 is 9.59 Å². The van der Waals surface area contributed by atoms with Crippen molar-refractivity contribution in [1.29, 1.82) is 0 Å². The smallest absolute Gasteiger partial charge is 0.207 e. The molecule has 1 heterocycles. The number of rotatable bonds is 6. The van der Waals surface area contributed by atoms with Gasteiger partial charge in [-0.15, -0.1) is 0 Å². The van der Waals surface area contributed by atoms with E-state index in [0.717, 1.165) is 49.6 Å². The molecule has 1 saturated heterocycles. The SMILES string of the molecule is CC1CC=C(C2=CCC3(C)C(CCC4(C)C5CCC6(C)CC(=O)C(C(C)C)=C6C5CCC43)C2(C)C)CC1.O=CNCCN1CCSCC1. The molecule has 7 aliphatic rings. The van der Waals surface area contributed by atoms with E-state index >= 15 is 0 Å². The van der Waals surface area contributed by atoms with Crippen molar-refractivity contribution in [2.75, 3.05) is 37.7 Å². The Morgan fingerprint density at radius 3 is 2.38 bits per heavy atom.